The van der Waals surface area contributed by atoms with E-state index in [1.54, 1.807) is 0 Å². The maximum absolute atomic E-state index is 11.9. The van der Waals surface area contributed by atoms with Gasteiger partial charge in [0.05, 0.1) is 0 Å². The summed E-state index contributed by atoms with van der Waals surface area (Å²) in [5.41, 5.74) is 5.68. The van der Waals surface area contributed by atoms with Crippen molar-refractivity contribution in [3.63, 3.8) is 0 Å². The van der Waals surface area contributed by atoms with E-state index in [0.29, 0.717) is 6.42 Å². The third-order valence-electron chi connectivity index (χ3n) is 3.20. The SMILES string of the molecule is CC(N)CC(=O)N(CC1CC1)CC1CC1.Cl. The molecule has 0 radical (unpaired) electrons. The maximum Gasteiger partial charge on any atom is 0.224 e. The van der Waals surface area contributed by atoms with E-state index < -0.39 is 0 Å². The molecule has 0 aliphatic heterocycles. The minimum atomic E-state index is -0.00148. The Bertz CT molecular complexity index is 223. The van der Waals surface area contributed by atoms with E-state index >= 15 is 0 Å². The number of carbonyl (C=O) groups is 1. The van der Waals surface area contributed by atoms with E-state index in [4.69, 9.17) is 5.73 Å². The first-order valence-electron chi connectivity index (χ1n) is 6.18. The van der Waals surface area contributed by atoms with Gasteiger partial charge in [0.15, 0.2) is 0 Å². The van der Waals surface area contributed by atoms with Gasteiger partial charge in [-0.15, -0.1) is 12.4 Å². The summed E-state index contributed by atoms with van der Waals surface area (Å²) in [5.74, 6) is 1.85. The van der Waals surface area contributed by atoms with Gasteiger partial charge < -0.3 is 10.6 Å². The lowest BCUT2D eigenvalue weighted by Gasteiger charge is -2.23. The molecule has 0 aromatic rings. The van der Waals surface area contributed by atoms with Crippen molar-refractivity contribution in [2.24, 2.45) is 17.6 Å². The average Bonchev–Trinajstić information content (AvgIpc) is 2.95. The second-order valence-corrected chi connectivity index (χ2v) is 5.37. The summed E-state index contributed by atoms with van der Waals surface area (Å²) in [6.45, 7) is 3.88. The van der Waals surface area contributed by atoms with Gasteiger partial charge in [-0.25, -0.2) is 0 Å². The first kappa shape index (κ1) is 13.8. The quantitative estimate of drug-likeness (QED) is 0.777. The summed E-state index contributed by atoms with van der Waals surface area (Å²) in [5, 5.41) is 0. The lowest BCUT2D eigenvalue weighted by molar-refractivity contribution is -0.132. The smallest absolute Gasteiger partial charge is 0.224 e. The number of carbonyl (C=O) groups excluding carboxylic acids is 1. The van der Waals surface area contributed by atoms with Crippen molar-refractivity contribution < 1.29 is 4.79 Å². The third kappa shape index (κ3) is 4.71. The largest absolute Gasteiger partial charge is 0.342 e. The predicted molar refractivity (Wildman–Crippen MR) is 67.5 cm³/mol. The molecule has 1 unspecified atom stereocenters. The molecule has 2 rings (SSSR count). The number of hydrogen-bond donors (Lipinski definition) is 1. The van der Waals surface area contributed by atoms with Gasteiger partial charge >= 0.3 is 0 Å². The fourth-order valence-corrected chi connectivity index (χ4v) is 1.91. The summed E-state index contributed by atoms with van der Waals surface area (Å²) in [7, 11) is 0. The summed E-state index contributed by atoms with van der Waals surface area (Å²) < 4.78 is 0. The van der Waals surface area contributed by atoms with Crippen molar-refractivity contribution in [2.45, 2.75) is 45.1 Å². The van der Waals surface area contributed by atoms with Crippen LogP contribution in [0.1, 0.15) is 39.0 Å². The van der Waals surface area contributed by atoms with E-state index in [1.165, 1.54) is 25.7 Å². The van der Waals surface area contributed by atoms with Crippen LogP contribution in [0.15, 0.2) is 0 Å². The minimum Gasteiger partial charge on any atom is -0.342 e. The Morgan fingerprint density at radius 1 is 1.25 bits per heavy atom. The van der Waals surface area contributed by atoms with Crippen molar-refractivity contribution in [1.29, 1.82) is 0 Å². The molecular weight excluding hydrogens is 224 g/mol. The molecule has 16 heavy (non-hydrogen) atoms. The van der Waals surface area contributed by atoms with E-state index in [0.717, 1.165) is 24.9 Å². The molecule has 2 saturated carbocycles. The Morgan fingerprint density at radius 3 is 2.00 bits per heavy atom. The molecule has 0 heterocycles. The Kier molecular flexibility index (Phi) is 5.06. The van der Waals surface area contributed by atoms with Crippen LogP contribution in [0.25, 0.3) is 0 Å². The van der Waals surface area contributed by atoms with Crippen LogP contribution in [-0.2, 0) is 4.79 Å². The summed E-state index contributed by atoms with van der Waals surface area (Å²) in [4.78, 5) is 14.0. The van der Waals surface area contributed by atoms with Gasteiger partial charge in [0, 0.05) is 25.6 Å². The monoisotopic (exact) mass is 246 g/mol. The Hall–Kier alpha value is -0.280. The highest BCUT2D eigenvalue weighted by Gasteiger charge is 2.31. The lowest BCUT2D eigenvalue weighted by Crippen LogP contribution is -2.37. The minimum absolute atomic E-state index is 0. The average molecular weight is 247 g/mol. The van der Waals surface area contributed by atoms with Gasteiger partial charge in [0.1, 0.15) is 0 Å². The maximum atomic E-state index is 11.9. The van der Waals surface area contributed by atoms with Crippen molar-refractivity contribution in [3.05, 3.63) is 0 Å². The van der Waals surface area contributed by atoms with Crippen LogP contribution in [0.4, 0.5) is 0 Å². The highest BCUT2D eigenvalue weighted by molar-refractivity contribution is 5.85. The molecule has 0 spiro atoms. The van der Waals surface area contributed by atoms with Gasteiger partial charge in [-0.2, -0.15) is 0 Å². The molecule has 0 bridgehead atoms. The highest BCUT2D eigenvalue weighted by atomic mass is 35.5. The summed E-state index contributed by atoms with van der Waals surface area (Å²) >= 11 is 0. The van der Waals surface area contributed by atoms with Gasteiger partial charge in [0.25, 0.3) is 0 Å². The van der Waals surface area contributed by atoms with Gasteiger partial charge in [-0.1, -0.05) is 0 Å². The molecule has 4 heteroatoms. The van der Waals surface area contributed by atoms with Crippen LogP contribution in [0, 0.1) is 11.8 Å². The molecule has 1 amide bonds. The number of halogens is 1. The third-order valence-corrected chi connectivity index (χ3v) is 3.20. The van der Waals surface area contributed by atoms with Crippen LogP contribution in [0.5, 0.6) is 0 Å². The fraction of sp³-hybridized carbons (Fsp3) is 0.917. The van der Waals surface area contributed by atoms with Crippen molar-refractivity contribution >= 4 is 18.3 Å². The van der Waals surface area contributed by atoms with Crippen LogP contribution in [0.3, 0.4) is 0 Å². The molecule has 0 saturated heterocycles. The first-order valence-corrected chi connectivity index (χ1v) is 6.18. The standard InChI is InChI=1S/C12H22N2O.ClH/c1-9(13)6-12(15)14(7-10-2-3-10)8-11-4-5-11;/h9-11H,2-8,13H2,1H3;1H. The molecule has 1 atom stereocenters. The van der Waals surface area contributed by atoms with Crippen molar-refractivity contribution in [1.82, 2.24) is 4.90 Å². The highest BCUT2D eigenvalue weighted by Crippen LogP contribution is 2.33. The zero-order chi connectivity index (χ0) is 10.8. The van der Waals surface area contributed by atoms with Crippen LogP contribution in [0.2, 0.25) is 0 Å². The normalized spacial score (nSPS) is 21.1. The topological polar surface area (TPSA) is 46.3 Å². The fourth-order valence-electron chi connectivity index (χ4n) is 1.91. The molecule has 94 valence electrons. The Labute approximate surface area is 104 Å². The van der Waals surface area contributed by atoms with Gasteiger partial charge in [-0.3, -0.25) is 4.79 Å². The van der Waals surface area contributed by atoms with E-state index in [-0.39, 0.29) is 24.4 Å². The number of rotatable bonds is 6. The van der Waals surface area contributed by atoms with E-state index in [9.17, 15) is 4.79 Å². The zero-order valence-electron chi connectivity index (χ0n) is 10.0. The second kappa shape index (κ2) is 5.87. The predicted octanol–water partition coefficient (Wildman–Crippen LogP) is 1.79. The number of nitrogens with two attached hydrogens (primary N) is 1. The molecular formula is C12H23ClN2O. The van der Waals surface area contributed by atoms with Crippen LogP contribution < -0.4 is 5.73 Å². The van der Waals surface area contributed by atoms with Crippen molar-refractivity contribution in [3.8, 4) is 0 Å². The molecule has 2 fully saturated rings. The van der Waals surface area contributed by atoms with Crippen LogP contribution in [-0.4, -0.2) is 29.9 Å². The van der Waals surface area contributed by atoms with Crippen LogP contribution >= 0.6 is 12.4 Å². The van der Waals surface area contributed by atoms with E-state index in [2.05, 4.69) is 4.90 Å². The second-order valence-electron chi connectivity index (χ2n) is 5.37. The van der Waals surface area contributed by atoms with E-state index in [1.807, 2.05) is 6.92 Å². The first-order chi connectivity index (χ1) is 7.15. The molecule has 0 aromatic heterocycles. The summed E-state index contributed by atoms with van der Waals surface area (Å²) in [6.07, 6.45) is 5.76. The molecule has 3 nitrogen and oxygen atoms in total. The zero-order valence-corrected chi connectivity index (χ0v) is 10.8. The number of amides is 1. The number of hydrogen-bond acceptors (Lipinski definition) is 2. The lowest BCUT2D eigenvalue weighted by atomic mass is 10.2. The Balaban J connectivity index is 0.00000128. The molecule has 2 N–H and O–H groups in total. The van der Waals surface area contributed by atoms with Gasteiger partial charge in [0.2, 0.25) is 5.91 Å². The number of nitrogens with zero attached hydrogens (tertiary/aromatic N) is 1. The van der Waals surface area contributed by atoms with Gasteiger partial charge in [-0.05, 0) is 44.4 Å². The molecule has 2 aliphatic carbocycles. The van der Waals surface area contributed by atoms with Crippen molar-refractivity contribution in [2.75, 3.05) is 13.1 Å². The Morgan fingerprint density at radius 2 is 1.69 bits per heavy atom. The molecule has 2 aliphatic rings. The summed E-state index contributed by atoms with van der Waals surface area (Å²) in [6, 6.07) is -0.00148. The molecule has 0 aromatic carbocycles.